The lowest BCUT2D eigenvalue weighted by Crippen LogP contribution is -2.26. The van der Waals surface area contributed by atoms with E-state index in [9.17, 15) is 9.59 Å². The van der Waals surface area contributed by atoms with Crippen LogP contribution in [0.25, 0.3) is 5.69 Å². The first kappa shape index (κ1) is 16.1. The lowest BCUT2D eigenvalue weighted by molar-refractivity contribution is -0.136. The zero-order valence-electron chi connectivity index (χ0n) is 12.4. The predicted octanol–water partition coefficient (Wildman–Crippen LogP) is 2.95. The molecule has 22 heavy (non-hydrogen) atoms. The van der Waals surface area contributed by atoms with Crippen LogP contribution in [0.5, 0.6) is 0 Å². The molecule has 2 N–H and O–H groups in total. The van der Waals surface area contributed by atoms with Gasteiger partial charge in [-0.15, -0.1) is 0 Å². The summed E-state index contributed by atoms with van der Waals surface area (Å²) in [5.74, 6) is -1.22. The Morgan fingerprint density at radius 2 is 2.00 bits per heavy atom. The monoisotopic (exact) mass is 320 g/mol. The summed E-state index contributed by atoms with van der Waals surface area (Å²) >= 11 is 6.02. The molecule has 0 aliphatic carbocycles. The van der Waals surface area contributed by atoms with Crippen LogP contribution in [0.1, 0.15) is 28.2 Å². The van der Waals surface area contributed by atoms with Crippen molar-refractivity contribution in [2.75, 3.05) is 6.54 Å². The van der Waals surface area contributed by atoms with E-state index in [0.29, 0.717) is 10.6 Å². The lowest BCUT2D eigenvalue weighted by Gasteiger charge is -2.10. The van der Waals surface area contributed by atoms with E-state index in [0.717, 1.165) is 17.1 Å². The molecule has 1 aromatic carbocycles. The molecule has 0 aliphatic heterocycles. The Balaban J connectivity index is 2.27. The topological polar surface area (TPSA) is 71.3 Å². The van der Waals surface area contributed by atoms with Gasteiger partial charge in [0.1, 0.15) is 0 Å². The van der Waals surface area contributed by atoms with Gasteiger partial charge in [0.2, 0.25) is 0 Å². The van der Waals surface area contributed by atoms with Gasteiger partial charge in [-0.25, -0.2) is 0 Å². The normalized spacial score (nSPS) is 10.5. The van der Waals surface area contributed by atoms with Crippen LogP contribution in [0.2, 0.25) is 5.02 Å². The number of nitrogens with zero attached hydrogens (tertiary/aromatic N) is 1. The number of carboxylic acid groups (broad SMARTS) is 1. The molecule has 0 atom stereocenters. The van der Waals surface area contributed by atoms with Gasteiger partial charge >= 0.3 is 5.97 Å². The van der Waals surface area contributed by atoms with Crippen LogP contribution >= 0.6 is 11.6 Å². The summed E-state index contributed by atoms with van der Waals surface area (Å²) in [4.78, 5) is 22.7. The molecule has 0 spiro atoms. The fraction of sp³-hybridized carbons (Fsp3) is 0.250. The van der Waals surface area contributed by atoms with Crippen LogP contribution in [0, 0.1) is 13.8 Å². The van der Waals surface area contributed by atoms with Crippen molar-refractivity contribution >= 4 is 23.5 Å². The van der Waals surface area contributed by atoms with E-state index < -0.39 is 5.97 Å². The first-order valence-corrected chi connectivity index (χ1v) is 7.23. The van der Waals surface area contributed by atoms with Gasteiger partial charge < -0.3 is 15.0 Å². The summed E-state index contributed by atoms with van der Waals surface area (Å²) < 4.78 is 1.94. The molecule has 0 bridgehead atoms. The number of aromatic nitrogens is 1. The third-order valence-corrected chi connectivity index (χ3v) is 3.60. The van der Waals surface area contributed by atoms with Crippen molar-refractivity contribution in [2.45, 2.75) is 20.3 Å². The largest absolute Gasteiger partial charge is 0.481 e. The van der Waals surface area contributed by atoms with Gasteiger partial charge in [-0.1, -0.05) is 17.7 Å². The molecule has 0 aliphatic rings. The van der Waals surface area contributed by atoms with E-state index in [1.54, 1.807) is 12.1 Å². The minimum atomic E-state index is -0.940. The van der Waals surface area contributed by atoms with Gasteiger partial charge in [-0.3, -0.25) is 9.59 Å². The second-order valence-corrected chi connectivity index (χ2v) is 5.44. The van der Waals surface area contributed by atoms with Crippen LogP contribution in [0.3, 0.4) is 0 Å². The summed E-state index contributed by atoms with van der Waals surface area (Å²) in [6.07, 6.45) is -0.0984. The van der Waals surface area contributed by atoms with Crippen LogP contribution in [0.4, 0.5) is 0 Å². The number of carbonyl (C=O) groups is 2. The number of amides is 1. The Bertz CT molecular complexity index is 722. The SMILES string of the molecule is Cc1cc(C(=O)NCCC(=O)O)c(C)n1-c1cccc(Cl)c1. The molecule has 1 amide bonds. The van der Waals surface area contributed by atoms with Crippen molar-refractivity contribution in [2.24, 2.45) is 0 Å². The molecule has 0 unspecified atom stereocenters. The molecule has 6 heteroatoms. The number of aryl methyl sites for hydroxylation is 1. The standard InChI is InChI=1S/C16H17ClN2O3/c1-10-8-14(16(22)18-7-6-15(20)21)11(2)19(10)13-5-3-4-12(17)9-13/h3-5,8-9H,6-7H2,1-2H3,(H,18,22)(H,20,21). The summed E-state index contributed by atoms with van der Waals surface area (Å²) in [7, 11) is 0. The Hall–Kier alpha value is -2.27. The summed E-state index contributed by atoms with van der Waals surface area (Å²) in [5.41, 5.74) is 3.10. The number of carboxylic acids is 1. The maximum absolute atomic E-state index is 12.2. The Labute approximate surface area is 133 Å². The molecule has 0 fully saturated rings. The van der Waals surface area contributed by atoms with E-state index in [1.165, 1.54) is 0 Å². The molecule has 116 valence electrons. The first-order valence-electron chi connectivity index (χ1n) is 6.85. The summed E-state index contributed by atoms with van der Waals surface area (Å²) in [6, 6.07) is 9.17. The molecule has 2 rings (SSSR count). The highest BCUT2D eigenvalue weighted by Gasteiger charge is 2.16. The lowest BCUT2D eigenvalue weighted by atomic mass is 10.2. The van der Waals surface area contributed by atoms with Gasteiger partial charge in [0.15, 0.2) is 0 Å². The van der Waals surface area contributed by atoms with Gasteiger partial charge in [0.25, 0.3) is 5.91 Å². The smallest absolute Gasteiger partial charge is 0.305 e. The molecule has 2 aromatic rings. The van der Waals surface area contributed by atoms with Crippen molar-refractivity contribution in [3.63, 3.8) is 0 Å². The van der Waals surface area contributed by atoms with Gasteiger partial charge in [-0.2, -0.15) is 0 Å². The second-order valence-electron chi connectivity index (χ2n) is 5.00. The first-order chi connectivity index (χ1) is 10.4. The third kappa shape index (κ3) is 3.49. The quantitative estimate of drug-likeness (QED) is 0.889. The molecule has 5 nitrogen and oxygen atoms in total. The van der Waals surface area contributed by atoms with Gasteiger partial charge in [-0.05, 0) is 38.1 Å². The van der Waals surface area contributed by atoms with Gasteiger partial charge in [0, 0.05) is 28.6 Å². The number of hydrogen-bond donors (Lipinski definition) is 2. The number of rotatable bonds is 5. The van der Waals surface area contributed by atoms with Crippen molar-refractivity contribution in [3.8, 4) is 5.69 Å². The molecular weight excluding hydrogens is 304 g/mol. The zero-order chi connectivity index (χ0) is 16.3. The van der Waals surface area contributed by atoms with E-state index in [2.05, 4.69) is 5.32 Å². The van der Waals surface area contributed by atoms with Crippen molar-refractivity contribution in [1.29, 1.82) is 0 Å². The van der Waals surface area contributed by atoms with Crippen LogP contribution in [-0.2, 0) is 4.79 Å². The van der Waals surface area contributed by atoms with E-state index >= 15 is 0 Å². The average Bonchev–Trinajstić information content (AvgIpc) is 2.73. The molecular formula is C16H17ClN2O3. The van der Waals surface area contributed by atoms with Crippen LogP contribution in [-0.4, -0.2) is 28.1 Å². The number of hydrogen-bond acceptors (Lipinski definition) is 2. The highest BCUT2D eigenvalue weighted by atomic mass is 35.5. The highest BCUT2D eigenvalue weighted by Crippen LogP contribution is 2.22. The molecule has 0 saturated carbocycles. The van der Waals surface area contributed by atoms with E-state index in [1.807, 2.05) is 36.6 Å². The number of benzene rings is 1. The van der Waals surface area contributed by atoms with E-state index in [4.69, 9.17) is 16.7 Å². The third-order valence-electron chi connectivity index (χ3n) is 3.37. The summed E-state index contributed by atoms with van der Waals surface area (Å²) in [5, 5.41) is 11.8. The molecule has 0 saturated heterocycles. The van der Waals surface area contributed by atoms with Crippen molar-refractivity contribution in [1.82, 2.24) is 9.88 Å². The molecule has 1 aromatic heterocycles. The fourth-order valence-electron chi connectivity index (χ4n) is 2.38. The minimum absolute atomic E-state index is 0.0984. The Morgan fingerprint density at radius 3 is 2.64 bits per heavy atom. The number of nitrogens with one attached hydrogen (secondary N) is 1. The zero-order valence-corrected chi connectivity index (χ0v) is 13.1. The van der Waals surface area contributed by atoms with Crippen LogP contribution in [0.15, 0.2) is 30.3 Å². The maximum atomic E-state index is 12.2. The van der Waals surface area contributed by atoms with E-state index in [-0.39, 0.29) is 18.9 Å². The van der Waals surface area contributed by atoms with Crippen LogP contribution < -0.4 is 5.32 Å². The molecule has 1 heterocycles. The maximum Gasteiger partial charge on any atom is 0.305 e. The highest BCUT2D eigenvalue weighted by molar-refractivity contribution is 6.30. The fourth-order valence-corrected chi connectivity index (χ4v) is 2.57. The Kier molecular flexibility index (Phi) is 4.88. The summed E-state index contributed by atoms with van der Waals surface area (Å²) in [6.45, 7) is 3.86. The van der Waals surface area contributed by atoms with Crippen molar-refractivity contribution < 1.29 is 14.7 Å². The average molecular weight is 321 g/mol. The van der Waals surface area contributed by atoms with Crippen molar-refractivity contribution in [3.05, 3.63) is 52.3 Å². The number of aliphatic carboxylic acids is 1. The second kappa shape index (κ2) is 6.66. The minimum Gasteiger partial charge on any atom is -0.481 e. The number of halogens is 1. The van der Waals surface area contributed by atoms with Gasteiger partial charge in [0.05, 0.1) is 12.0 Å². The predicted molar refractivity (Wildman–Crippen MR) is 84.8 cm³/mol. The number of carbonyl (C=O) groups excluding carboxylic acids is 1. The Morgan fingerprint density at radius 1 is 1.27 bits per heavy atom. The molecule has 0 radical (unpaired) electrons.